The van der Waals surface area contributed by atoms with Gasteiger partial charge in [0, 0.05) is 17.7 Å². The Hall–Kier alpha value is -2.51. The van der Waals surface area contributed by atoms with Crippen molar-refractivity contribution in [3.63, 3.8) is 0 Å². The monoisotopic (exact) mass is 375 g/mol. The van der Waals surface area contributed by atoms with Crippen molar-refractivity contribution in [3.05, 3.63) is 70.5 Å². The Kier molecular flexibility index (Phi) is 5.20. The van der Waals surface area contributed by atoms with E-state index in [1.54, 1.807) is 37.3 Å². The molecule has 3 rings (SSSR count). The predicted molar refractivity (Wildman–Crippen MR) is 97.1 cm³/mol. The number of ether oxygens (including phenoxy) is 1. The number of cyclic esters (lactones) is 1. The van der Waals surface area contributed by atoms with Gasteiger partial charge < -0.3 is 10.5 Å². The summed E-state index contributed by atoms with van der Waals surface area (Å²) in [6.45, 7) is 2.06. The van der Waals surface area contributed by atoms with Gasteiger partial charge in [-0.25, -0.2) is 17.6 Å². The van der Waals surface area contributed by atoms with Crippen molar-refractivity contribution in [3.8, 4) is 0 Å². The number of carbonyl (C=O) groups excluding carboxylic acids is 1. The second kappa shape index (κ2) is 7.39. The lowest BCUT2D eigenvalue weighted by molar-refractivity contribution is -0.136. The molecule has 0 amide bonds. The maximum atomic E-state index is 14.6. The number of esters is 1. The van der Waals surface area contributed by atoms with Crippen LogP contribution in [0.3, 0.4) is 0 Å². The first-order chi connectivity index (χ1) is 12.4. The average Bonchev–Trinajstić information content (AvgIpc) is 2.88. The van der Waals surface area contributed by atoms with E-state index in [0.717, 1.165) is 5.56 Å². The van der Waals surface area contributed by atoms with E-state index in [1.165, 1.54) is 12.1 Å². The van der Waals surface area contributed by atoms with Crippen LogP contribution in [-0.4, -0.2) is 20.5 Å². The molecule has 0 saturated carbocycles. The van der Waals surface area contributed by atoms with Crippen LogP contribution < -0.4 is 5.73 Å². The van der Waals surface area contributed by atoms with Gasteiger partial charge in [-0.2, -0.15) is 0 Å². The highest BCUT2D eigenvalue weighted by molar-refractivity contribution is 7.71. The third-order valence-corrected chi connectivity index (χ3v) is 4.90. The number of carbonyl (C=O) groups is 1. The van der Waals surface area contributed by atoms with Crippen molar-refractivity contribution in [2.75, 3.05) is 0 Å². The molecule has 0 radical (unpaired) electrons. The van der Waals surface area contributed by atoms with E-state index in [2.05, 4.69) is 0 Å². The maximum absolute atomic E-state index is 14.6. The summed E-state index contributed by atoms with van der Waals surface area (Å²) in [5.74, 6) is -1.33. The third kappa shape index (κ3) is 3.54. The topological polar surface area (TPSA) is 86.5 Å². The molecule has 26 heavy (non-hydrogen) atoms. The minimum atomic E-state index is -2.64. The fourth-order valence-electron chi connectivity index (χ4n) is 3.05. The van der Waals surface area contributed by atoms with Crippen LogP contribution in [0, 0.1) is 5.82 Å². The van der Waals surface area contributed by atoms with Crippen molar-refractivity contribution in [2.45, 2.75) is 25.3 Å². The van der Waals surface area contributed by atoms with E-state index < -0.39 is 28.6 Å². The molecule has 2 N–H and O–H groups in total. The molecule has 5 nitrogen and oxygen atoms in total. The lowest BCUT2D eigenvalue weighted by Gasteiger charge is -2.11. The van der Waals surface area contributed by atoms with Gasteiger partial charge in [0.05, 0.1) is 11.3 Å². The maximum Gasteiger partial charge on any atom is 0.339 e. The number of benzene rings is 2. The molecule has 136 valence electrons. The highest BCUT2D eigenvalue weighted by Gasteiger charge is 2.34. The normalized spacial score (nSPS) is 17.1. The van der Waals surface area contributed by atoms with Crippen molar-refractivity contribution in [1.82, 2.24) is 0 Å². The summed E-state index contributed by atoms with van der Waals surface area (Å²) in [5, 5.41) is 0. The van der Waals surface area contributed by atoms with Crippen LogP contribution in [0.1, 0.15) is 29.2 Å². The Balaban J connectivity index is 2.11. The second-order valence-electron chi connectivity index (χ2n) is 6.04. The standard InChI is InChI=1S/C19H18FNO4S/c1-11-17(15-7-4-13(8-16(15)20)10-26(23)24)18(19(22)25-11)14-5-2-12(9-21)3-6-14/h2-8,11,26H,9-10,21H2,1H3. The van der Waals surface area contributed by atoms with E-state index >= 15 is 0 Å². The molecule has 0 saturated heterocycles. The molecule has 1 aliphatic rings. The van der Waals surface area contributed by atoms with Crippen LogP contribution in [0.5, 0.6) is 0 Å². The Morgan fingerprint density at radius 1 is 1.12 bits per heavy atom. The van der Waals surface area contributed by atoms with Crippen molar-refractivity contribution in [1.29, 1.82) is 0 Å². The van der Waals surface area contributed by atoms with Crippen LogP contribution >= 0.6 is 0 Å². The quantitative estimate of drug-likeness (QED) is 0.618. The summed E-state index contributed by atoms with van der Waals surface area (Å²) in [6, 6.07) is 11.3. The molecule has 1 aliphatic heterocycles. The molecule has 0 aliphatic carbocycles. The van der Waals surface area contributed by atoms with E-state index in [9.17, 15) is 17.6 Å². The summed E-state index contributed by atoms with van der Waals surface area (Å²) < 4.78 is 41.6. The Morgan fingerprint density at radius 2 is 1.77 bits per heavy atom. The van der Waals surface area contributed by atoms with Gasteiger partial charge in [-0.1, -0.05) is 36.4 Å². The zero-order valence-corrected chi connectivity index (χ0v) is 15.0. The molecular formula is C19H18FNO4S. The Morgan fingerprint density at radius 3 is 2.35 bits per heavy atom. The van der Waals surface area contributed by atoms with Gasteiger partial charge in [-0.3, -0.25) is 0 Å². The zero-order chi connectivity index (χ0) is 18.8. The number of hydrogen-bond acceptors (Lipinski definition) is 5. The summed E-state index contributed by atoms with van der Waals surface area (Å²) in [6.07, 6.45) is -0.608. The van der Waals surface area contributed by atoms with Gasteiger partial charge in [0.1, 0.15) is 22.6 Å². The summed E-state index contributed by atoms with van der Waals surface area (Å²) in [5.41, 5.74) is 8.47. The predicted octanol–water partition coefficient (Wildman–Crippen LogP) is 2.25. The van der Waals surface area contributed by atoms with Crippen LogP contribution in [-0.2, 0) is 32.5 Å². The van der Waals surface area contributed by atoms with E-state index in [0.29, 0.717) is 28.8 Å². The number of halogens is 1. The van der Waals surface area contributed by atoms with E-state index in [4.69, 9.17) is 10.5 Å². The molecule has 1 heterocycles. The molecule has 0 bridgehead atoms. The summed E-state index contributed by atoms with van der Waals surface area (Å²) >= 11 is 0. The van der Waals surface area contributed by atoms with Crippen molar-refractivity contribution >= 4 is 27.8 Å². The van der Waals surface area contributed by atoms with Crippen LogP contribution in [0.15, 0.2) is 42.5 Å². The van der Waals surface area contributed by atoms with Gasteiger partial charge in [0.15, 0.2) is 0 Å². The summed E-state index contributed by atoms with van der Waals surface area (Å²) in [7, 11) is -2.64. The van der Waals surface area contributed by atoms with Gasteiger partial charge in [0.25, 0.3) is 0 Å². The SMILES string of the molecule is CC1OC(=O)C(c2ccc(CN)cc2)=C1c1ccc(C[SH](=O)=O)cc1F. The van der Waals surface area contributed by atoms with Crippen LogP contribution in [0.2, 0.25) is 0 Å². The minimum Gasteiger partial charge on any atom is -0.454 e. The van der Waals surface area contributed by atoms with Crippen LogP contribution in [0.25, 0.3) is 11.1 Å². The van der Waals surface area contributed by atoms with Gasteiger partial charge >= 0.3 is 5.97 Å². The van der Waals surface area contributed by atoms with Crippen molar-refractivity contribution < 1.29 is 22.3 Å². The first-order valence-electron chi connectivity index (χ1n) is 8.06. The molecule has 2 aromatic carbocycles. The second-order valence-corrected chi connectivity index (χ2v) is 7.02. The smallest absolute Gasteiger partial charge is 0.339 e. The van der Waals surface area contributed by atoms with E-state index in [-0.39, 0.29) is 11.3 Å². The molecule has 1 atom stereocenters. The Bertz CT molecular complexity index is 956. The number of rotatable bonds is 5. The zero-order valence-electron chi connectivity index (χ0n) is 14.1. The number of hydrogen-bond donors (Lipinski definition) is 2. The highest BCUT2D eigenvalue weighted by atomic mass is 32.2. The lowest BCUT2D eigenvalue weighted by Crippen LogP contribution is -2.06. The molecule has 7 heteroatoms. The molecule has 0 fully saturated rings. The van der Waals surface area contributed by atoms with Gasteiger partial charge in [-0.15, -0.1) is 0 Å². The molecule has 1 unspecified atom stereocenters. The fraction of sp³-hybridized carbons (Fsp3) is 0.211. The Labute approximate surface area is 152 Å². The first kappa shape index (κ1) is 18.3. The third-order valence-electron chi connectivity index (χ3n) is 4.28. The molecule has 0 aromatic heterocycles. The number of nitrogens with two attached hydrogens (primary N) is 1. The molecular weight excluding hydrogens is 357 g/mol. The number of thiol groups is 1. The average molecular weight is 375 g/mol. The summed E-state index contributed by atoms with van der Waals surface area (Å²) in [4.78, 5) is 12.3. The fourth-order valence-corrected chi connectivity index (χ4v) is 3.55. The van der Waals surface area contributed by atoms with Crippen molar-refractivity contribution in [2.24, 2.45) is 5.73 Å². The largest absolute Gasteiger partial charge is 0.454 e. The highest BCUT2D eigenvalue weighted by Crippen LogP contribution is 2.38. The molecule has 2 aromatic rings. The molecule has 0 spiro atoms. The minimum absolute atomic E-state index is 0.228. The van der Waals surface area contributed by atoms with E-state index in [1.807, 2.05) is 0 Å². The van der Waals surface area contributed by atoms with Gasteiger partial charge in [-0.05, 0) is 29.7 Å². The van der Waals surface area contributed by atoms with Crippen LogP contribution in [0.4, 0.5) is 4.39 Å². The lowest BCUT2D eigenvalue weighted by atomic mass is 9.92. The first-order valence-corrected chi connectivity index (χ1v) is 9.42. The van der Waals surface area contributed by atoms with Gasteiger partial charge in [0.2, 0.25) is 0 Å².